The highest BCUT2D eigenvalue weighted by atomic mass is 16.4. The summed E-state index contributed by atoms with van der Waals surface area (Å²) in [5.41, 5.74) is -1.28. The number of carboxylic acid groups (broad SMARTS) is 1. The molecule has 0 bridgehead atoms. The monoisotopic (exact) mass is 266 g/mol. The number of nitrogens with zero attached hydrogens (tertiary/aromatic N) is 1. The first-order valence-corrected chi connectivity index (χ1v) is 6.12. The van der Waals surface area contributed by atoms with E-state index in [1.807, 2.05) is 13.8 Å². The van der Waals surface area contributed by atoms with E-state index in [0.717, 1.165) is 0 Å². The smallest absolute Gasteiger partial charge is 0.338 e. The van der Waals surface area contributed by atoms with E-state index in [1.165, 1.54) is 18.3 Å². The molecule has 0 unspecified atom stereocenters. The molecule has 0 radical (unpaired) electrons. The second-order valence-electron chi connectivity index (χ2n) is 4.32. The van der Waals surface area contributed by atoms with Crippen LogP contribution in [-0.2, 0) is 0 Å². The Morgan fingerprint density at radius 3 is 2.53 bits per heavy atom. The van der Waals surface area contributed by atoms with Crippen LogP contribution < -0.4 is 5.32 Å². The Balaban J connectivity index is 2.82. The molecule has 0 fully saturated rings. The van der Waals surface area contributed by atoms with Crippen LogP contribution in [-0.4, -0.2) is 39.2 Å². The number of carbonyl (C=O) groups excluding carboxylic acids is 1. The zero-order valence-corrected chi connectivity index (χ0v) is 11.0. The quantitative estimate of drug-likeness (QED) is 0.715. The van der Waals surface area contributed by atoms with Crippen LogP contribution in [0.2, 0.25) is 0 Å². The molecular weight excluding hydrogens is 248 g/mol. The van der Waals surface area contributed by atoms with Gasteiger partial charge < -0.3 is 15.5 Å². The average molecular weight is 266 g/mol. The zero-order chi connectivity index (χ0) is 14.5. The van der Waals surface area contributed by atoms with Crippen LogP contribution in [0, 0.1) is 0 Å². The number of hydrogen-bond donors (Lipinski definition) is 3. The molecule has 1 rings (SSSR count). The predicted octanol–water partition coefficient (Wildman–Crippen LogP) is 1.06. The van der Waals surface area contributed by atoms with E-state index < -0.39 is 17.5 Å². The van der Waals surface area contributed by atoms with Gasteiger partial charge >= 0.3 is 5.97 Å². The molecule has 6 heteroatoms. The van der Waals surface area contributed by atoms with Gasteiger partial charge in [-0.1, -0.05) is 13.8 Å². The highest BCUT2D eigenvalue weighted by Crippen LogP contribution is 2.13. The summed E-state index contributed by atoms with van der Waals surface area (Å²) in [5.74, 6) is -1.81. The molecule has 0 aliphatic rings. The summed E-state index contributed by atoms with van der Waals surface area (Å²) in [6.45, 7) is 3.70. The second-order valence-corrected chi connectivity index (χ2v) is 4.32. The molecule has 6 nitrogen and oxygen atoms in total. The SMILES string of the molecule is CCC(O)(CC)CNC(=O)c1ncccc1C(=O)O. The lowest BCUT2D eigenvalue weighted by Crippen LogP contribution is -2.42. The number of aliphatic hydroxyl groups is 1. The van der Waals surface area contributed by atoms with Crippen LogP contribution in [0.25, 0.3) is 0 Å². The van der Waals surface area contributed by atoms with Gasteiger partial charge in [0.05, 0.1) is 11.2 Å². The van der Waals surface area contributed by atoms with Crippen molar-refractivity contribution >= 4 is 11.9 Å². The van der Waals surface area contributed by atoms with Crippen molar-refractivity contribution < 1.29 is 19.8 Å². The molecule has 0 aliphatic carbocycles. The van der Waals surface area contributed by atoms with E-state index in [0.29, 0.717) is 12.8 Å². The van der Waals surface area contributed by atoms with Crippen molar-refractivity contribution in [3.05, 3.63) is 29.6 Å². The van der Waals surface area contributed by atoms with Gasteiger partial charge in [0.2, 0.25) is 0 Å². The van der Waals surface area contributed by atoms with Crippen molar-refractivity contribution in [1.82, 2.24) is 10.3 Å². The van der Waals surface area contributed by atoms with Crippen LogP contribution in [0.15, 0.2) is 18.3 Å². The highest BCUT2D eigenvalue weighted by molar-refractivity contribution is 6.03. The van der Waals surface area contributed by atoms with Crippen LogP contribution in [0.4, 0.5) is 0 Å². The van der Waals surface area contributed by atoms with Gasteiger partial charge in [-0.05, 0) is 25.0 Å². The molecule has 0 spiro atoms. The molecule has 1 aromatic rings. The van der Waals surface area contributed by atoms with Crippen LogP contribution in [0.3, 0.4) is 0 Å². The van der Waals surface area contributed by atoms with Crippen molar-refractivity contribution in [3.63, 3.8) is 0 Å². The predicted molar refractivity (Wildman–Crippen MR) is 69.1 cm³/mol. The first kappa shape index (κ1) is 15.1. The number of pyridine rings is 1. The Morgan fingerprint density at radius 2 is 2.00 bits per heavy atom. The molecule has 0 aromatic carbocycles. The summed E-state index contributed by atoms with van der Waals surface area (Å²) in [5, 5.41) is 21.5. The van der Waals surface area contributed by atoms with E-state index in [9.17, 15) is 14.7 Å². The number of nitrogens with one attached hydrogen (secondary N) is 1. The topological polar surface area (TPSA) is 99.5 Å². The van der Waals surface area contributed by atoms with E-state index >= 15 is 0 Å². The zero-order valence-electron chi connectivity index (χ0n) is 11.0. The molecule has 0 saturated heterocycles. The minimum atomic E-state index is -1.21. The molecule has 0 aliphatic heterocycles. The van der Waals surface area contributed by atoms with E-state index in [4.69, 9.17) is 5.11 Å². The molecular formula is C13H18N2O4. The van der Waals surface area contributed by atoms with Gasteiger partial charge in [-0.15, -0.1) is 0 Å². The molecule has 0 saturated carbocycles. The van der Waals surface area contributed by atoms with Gasteiger partial charge in [0.15, 0.2) is 0 Å². The Hall–Kier alpha value is -1.95. The van der Waals surface area contributed by atoms with Gasteiger partial charge in [0, 0.05) is 12.7 Å². The molecule has 1 amide bonds. The molecule has 104 valence electrons. The van der Waals surface area contributed by atoms with Gasteiger partial charge in [-0.2, -0.15) is 0 Å². The Bertz CT molecular complexity index is 469. The lowest BCUT2D eigenvalue weighted by atomic mass is 9.97. The number of hydrogen-bond acceptors (Lipinski definition) is 4. The lowest BCUT2D eigenvalue weighted by Gasteiger charge is -2.25. The summed E-state index contributed by atoms with van der Waals surface area (Å²) in [7, 11) is 0. The van der Waals surface area contributed by atoms with Crippen molar-refractivity contribution in [2.24, 2.45) is 0 Å². The van der Waals surface area contributed by atoms with E-state index in [2.05, 4.69) is 10.3 Å². The largest absolute Gasteiger partial charge is 0.478 e. The van der Waals surface area contributed by atoms with Crippen molar-refractivity contribution in [2.75, 3.05) is 6.54 Å². The third kappa shape index (κ3) is 3.75. The van der Waals surface area contributed by atoms with E-state index in [-0.39, 0.29) is 17.8 Å². The number of carbonyl (C=O) groups is 2. The fraction of sp³-hybridized carbons (Fsp3) is 0.462. The van der Waals surface area contributed by atoms with Crippen LogP contribution in [0.5, 0.6) is 0 Å². The minimum Gasteiger partial charge on any atom is -0.478 e. The summed E-state index contributed by atoms with van der Waals surface area (Å²) in [6.07, 6.45) is 2.35. The molecule has 19 heavy (non-hydrogen) atoms. The van der Waals surface area contributed by atoms with Crippen molar-refractivity contribution in [1.29, 1.82) is 0 Å². The normalized spacial score (nSPS) is 11.1. The van der Waals surface area contributed by atoms with E-state index in [1.54, 1.807) is 0 Å². The van der Waals surface area contributed by atoms with Crippen molar-refractivity contribution in [3.8, 4) is 0 Å². The lowest BCUT2D eigenvalue weighted by molar-refractivity contribution is 0.0313. The first-order chi connectivity index (χ1) is 8.93. The maximum absolute atomic E-state index is 11.9. The first-order valence-electron chi connectivity index (χ1n) is 6.12. The number of amides is 1. The fourth-order valence-corrected chi connectivity index (χ4v) is 1.59. The third-order valence-electron chi connectivity index (χ3n) is 3.15. The Labute approximate surface area is 111 Å². The Morgan fingerprint density at radius 1 is 1.37 bits per heavy atom. The molecule has 1 aromatic heterocycles. The Kier molecular flexibility index (Phi) is 5.00. The second kappa shape index (κ2) is 6.29. The third-order valence-corrected chi connectivity index (χ3v) is 3.15. The van der Waals surface area contributed by atoms with Gasteiger partial charge in [0.1, 0.15) is 5.69 Å². The number of rotatable bonds is 6. The number of aromatic carboxylic acids is 1. The summed E-state index contributed by atoms with van der Waals surface area (Å²) in [4.78, 5) is 26.6. The van der Waals surface area contributed by atoms with Gasteiger partial charge in [-0.3, -0.25) is 9.78 Å². The number of aromatic nitrogens is 1. The maximum Gasteiger partial charge on any atom is 0.338 e. The van der Waals surface area contributed by atoms with Gasteiger partial charge in [-0.25, -0.2) is 4.79 Å². The molecule has 0 atom stereocenters. The highest BCUT2D eigenvalue weighted by Gasteiger charge is 2.24. The van der Waals surface area contributed by atoms with Gasteiger partial charge in [0.25, 0.3) is 5.91 Å². The fourth-order valence-electron chi connectivity index (χ4n) is 1.59. The van der Waals surface area contributed by atoms with Crippen molar-refractivity contribution in [2.45, 2.75) is 32.3 Å². The molecule has 3 N–H and O–H groups in total. The summed E-state index contributed by atoms with van der Waals surface area (Å²) >= 11 is 0. The standard InChI is InChI=1S/C13H18N2O4/c1-3-13(19,4-2)8-15-11(16)10-9(12(17)18)6-5-7-14-10/h5-7,19H,3-4,8H2,1-2H3,(H,15,16)(H,17,18). The summed E-state index contributed by atoms with van der Waals surface area (Å²) < 4.78 is 0. The minimum absolute atomic E-state index is 0.0640. The number of carboxylic acids is 1. The average Bonchev–Trinajstić information content (AvgIpc) is 2.44. The van der Waals surface area contributed by atoms with Crippen LogP contribution >= 0.6 is 0 Å². The summed E-state index contributed by atoms with van der Waals surface area (Å²) in [6, 6.07) is 2.77. The molecule has 1 heterocycles. The maximum atomic E-state index is 11.9. The van der Waals surface area contributed by atoms with Crippen LogP contribution in [0.1, 0.15) is 47.5 Å².